The van der Waals surface area contributed by atoms with Gasteiger partial charge in [0.05, 0.1) is 19.8 Å². The van der Waals surface area contributed by atoms with Gasteiger partial charge in [-0.25, -0.2) is 19.0 Å². The summed E-state index contributed by atoms with van der Waals surface area (Å²) in [5.41, 5.74) is 6.14. The third-order valence-electron chi connectivity index (χ3n) is 5.65. The molecule has 3 heterocycles. The lowest BCUT2D eigenvalue weighted by atomic mass is 10.2. The predicted octanol–water partition coefficient (Wildman–Crippen LogP) is 1.96. The molecule has 4 N–H and O–H groups in total. The third kappa shape index (κ3) is 6.63. The zero-order valence-electron chi connectivity index (χ0n) is 19.7. The normalized spacial score (nSPS) is 21.1. The number of hydrogen-bond acceptors (Lipinski definition) is 11. The quantitative estimate of drug-likeness (QED) is 0.179. The van der Waals surface area contributed by atoms with Crippen molar-refractivity contribution in [2.45, 2.75) is 36.3 Å². The van der Waals surface area contributed by atoms with E-state index in [1.807, 2.05) is 30.3 Å². The highest BCUT2D eigenvalue weighted by Gasteiger charge is 2.38. The van der Waals surface area contributed by atoms with Crippen molar-refractivity contribution < 1.29 is 23.6 Å². The number of nitrogens with zero attached hydrogens (tertiary/aromatic N) is 5. The van der Waals surface area contributed by atoms with Gasteiger partial charge in [-0.15, -0.1) is 11.8 Å². The molecule has 1 aliphatic rings. The summed E-state index contributed by atoms with van der Waals surface area (Å²) in [4.78, 5) is 30.1. The number of hydrogen-bond donors (Lipinski definition) is 3. The number of nitrogen functional groups attached to an aromatic ring is 1. The van der Waals surface area contributed by atoms with Crippen molar-refractivity contribution in [2.75, 3.05) is 12.3 Å². The Morgan fingerprint density at radius 2 is 2.08 bits per heavy atom. The molecule has 4 atom stereocenters. The summed E-state index contributed by atoms with van der Waals surface area (Å²) in [5, 5.41) is 23.5. The SMILES string of the molecule is Cn1c(COP(=O)(NCc2ccccc2)OCC2CC(O)C(n3ccc(N)nc3=O)S2)cnc1[N+](=O)[O-]. The molecule has 16 heteroatoms. The fourth-order valence-electron chi connectivity index (χ4n) is 3.69. The molecule has 0 bridgehead atoms. The van der Waals surface area contributed by atoms with Crippen LogP contribution in [-0.2, 0) is 33.8 Å². The van der Waals surface area contributed by atoms with E-state index in [2.05, 4.69) is 15.1 Å². The molecule has 1 aromatic carbocycles. The third-order valence-corrected chi connectivity index (χ3v) is 8.68. The number of nitrogens with two attached hydrogens (primary N) is 1. The van der Waals surface area contributed by atoms with Crippen LogP contribution in [0.4, 0.5) is 11.8 Å². The first-order valence-electron chi connectivity index (χ1n) is 11.2. The van der Waals surface area contributed by atoms with Crippen LogP contribution in [0.25, 0.3) is 0 Å². The fraction of sp³-hybridized carbons (Fsp3) is 0.381. The molecule has 3 aromatic rings. The van der Waals surface area contributed by atoms with E-state index in [0.717, 1.165) is 5.56 Å². The standard InChI is InChI=1S/C21H26N7O7PS/c1-26-15(11-23-20(26)28(31)32)12-34-36(33,24-10-14-5-3-2-4-6-14)35-13-16-9-17(29)19(37-16)27-8-7-18(22)25-21(27)30/h2-8,11,16-17,19,29H,9-10,12-13H2,1H3,(H,24,33)(H2,22,25,30). The number of imidazole rings is 1. The van der Waals surface area contributed by atoms with Gasteiger partial charge in [0, 0.05) is 18.0 Å². The van der Waals surface area contributed by atoms with E-state index in [0.29, 0.717) is 5.69 Å². The molecule has 198 valence electrons. The average Bonchev–Trinajstić information content (AvgIpc) is 3.43. The van der Waals surface area contributed by atoms with Crippen LogP contribution in [0.3, 0.4) is 0 Å². The Morgan fingerprint density at radius 1 is 1.32 bits per heavy atom. The largest absolute Gasteiger partial charge is 0.434 e. The Hall–Kier alpha value is -3.07. The van der Waals surface area contributed by atoms with Crippen LogP contribution >= 0.6 is 19.5 Å². The maximum absolute atomic E-state index is 13.6. The lowest BCUT2D eigenvalue weighted by molar-refractivity contribution is -0.396. The van der Waals surface area contributed by atoms with Gasteiger partial charge in [-0.05, 0) is 23.0 Å². The van der Waals surface area contributed by atoms with Gasteiger partial charge in [-0.2, -0.15) is 4.98 Å². The van der Waals surface area contributed by atoms with E-state index in [4.69, 9.17) is 14.8 Å². The van der Waals surface area contributed by atoms with Crippen molar-refractivity contribution >= 4 is 31.3 Å². The number of nitro groups is 1. The monoisotopic (exact) mass is 551 g/mol. The van der Waals surface area contributed by atoms with Crippen molar-refractivity contribution in [3.63, 3.8) is 0 Å². The molecule has 2 aromatic heterocycles. The van der Waals surface area contributed by atoms with Gasteiger partial charge in [0.15, 0.2) is 0 Å². The summed E-state index contributed by atoms with van der Waals surface area (Å²) in [6.07, 6.45) is 2.15. The van der Waals surface area contributed by atoms with Gasteiger partial charge in [-0.3, -0.25) is 13.6 Å². The van der Waals surface area contributed by atoms with Crippen molar-refractivity contribution in [1.29, 1.82) is 0 Å². The maximum Gasteiger partial charge on any atom is 0.434 e. The molecule has 37 heavy (non-hydrogen) atoms. The van der Waals surface area contributed by atoms with Crippen LogP contribution in [0.1, 0.15) is 23.1 Å². The molecule has 1 aliphatic heterocycles. The Labute approximate surface area is 215 Å². The molecule has 0 aliphatic carbocycles. The molecule has 0 amide bonds. The Balaban J connectivity index is 1.44. The summed E-state index contributed by atoms with van der Waals surface area (Å²) >= 11 is 1.28. The van der Waals surface area contributed by atoms with Crippen LogP contribution in [0, 0.1) is 10.1 Å². The van der Waals surface area contributed by atoms with Gasteiger partial charge in [0.25, 0.3) is 0 Å². The lowest BCUT2D eigenvalue weighted by Gasteiger charge is -2.21. The number of nitrogens with one attached hydrogen (secondary N) is 1. The molecule has 0 saturated carbocycles. The minimum Gasteiger partial charge on any atom is -0.390 e. The highest BCUT2D eigenvalue weighted by molar-refractivity contribution is 8.00. The van der Waals surface area contributed by atoms with E-state index in [1.165, 1.54) is 46.4 Å². The minimum atomic E-state index is -3.92. The second kappa shape index (κ2) is 11.5. The van der Waals surface area contributed by atoms with Crippen LogP contribution in [0.5, 0.6) is 0 Å². The highest BCUT2D eigenvalue weighted by Crippen LogP contribution is 2.48. The lowest BCUT2D eigenvalue weighted by Crippen LogP contribution is -2.29. The van der Waals surface area contributed by atoms with Crippen molar-refractivity contribution in [2.24, 2.45) is 7.05 Å². The second-order valence-corrected chi connectivity index (χ2v) is 11.5. The van der Waals surface area contributed by atoms with E-state index in [-0.39, 0.29) is 43.2 Å². The van der Waals surface area contributed by atoms with Gasteiger partial charge in [-0.1, -0.05) is 35.3 Å². The number of anilines is 1. The number of thioether (sulfide) groups is 1. The molecule has 1 saturated heterocycles. The number of aromatic nitrogens is 4. The summed E-state index contributed by atoms with van der Waals surface area (Å²) in [6.45, 7) is -0.134. The molecular weight excluding hydrogens is 525 g/mol. The smallest absolute Gasteiger partial charge is 0.390 e. The van der Waals surface area contributed by atoms with Crippen LogP contribution in [0.15, 0.2) is 53.6 Å². The minimum absolute atomic E-state index is 0.0556. The van der Waals surface area contributed by atoms with Crippen LogP contribution < -0.4 is 16.5 Å². The van der Waals surface area contributed by atoms with Gasteiger partial charge < -0.3 is 21.0 Å². The number of rotatable bonds is 11. The number of benzene rings is 1. The zero-order valence-corrected chi connectivity index (χ0v) is 21.5. The van der Waals surface area contributed by atoms with E-state index in [9.17, 15) is 24.6 Å². The molecule has 1 fully saturated rings. The fourth-order valence-corrected chi connectivity index (χ4v) is 6.54. The topological polar surface area (TPSA) is 190 Å². The highest BCUT2D eigenvalue weighted by atomic mass is 32.2. The molecule has 14 nitrogen and oxygen atoms in total. The van der Waals surface area contributed by atoms with Crippen molar-refractivity contribution in [1.82, 2.24) is 24.2 Å². The predicted molar refractivity (Wildman–Crippen MR) is 135 cm³/mol. The van der Waals surface area contributed by atoms with Gasteiger partial charge >= 0.3 is 19.4 Å². The summed E-state index contributed by atoms with van der Waals surface area (Å²) in [7, 11) is -2.46. The number of aliphatic hydroxyl groups is 1. The van der Waals surface area contributed by atoms with Gasteiger partial charge in [0.2, 0.25) is 0 Å². The molecule has 4 rings (SSSR count). The first-order valence-corrected chi connectivity index (χ1v) is 13.6. The Kier molecular flexibility index (Phi) is 8.42. The summed E-state index contributed by atoms with van der Waals surface area (Å²) < 4.78 is 27.5. The zero-order chi connectivity index (χ0) is 26.6. The summed E-state index contributed by atoms with van der Waals surface area (Å²) in [5.74, 6) is -0.290. The van der Waals surface area contributed by atoms with Crippen molar-refractivity contribution in [3.8, 4) is 0 Å². The average molecular weight is 552 g/mol. The summed E-state index contributed by atoms with van der Waals surface area (Å²) in [6, 6.07) is 10.7. The maximum atomic E-state index is 13.6. The Morgan fingerprint density at radius 3 is 2.76 bits per heavy atom. The van der Waals surface area contributed by atoms with E-state index < -0.39 is 29.8 Å². The van der Waals surface area contributed by atoms with Crippen molar-refractivity contribution in [3.05, 3.63) is 80.6 Å². The van der Waals surface area contributed by atoms with E-state index in [1.54, 1.807) is 0 Å². The molecule has 4 unspecified atom stereocenters. The number of aliphatic hydroxyl groups excluding tert-OH is 1. The van der Waals surface area contributed by atoms with Crippen LogP contribution in [0.2, 0.25) is 0 Å². The van der Waals surface area contributed by atoms with E-state index >= 15 is 0 Å². The first kappa shape index (κ1) is 27.0. The van der Waals surface area contributed by atoms with Crippen LogP contribution in [-0.4, -0.2) is 47.1 Å². The molecule has 0 spiro atoms. The molecular formula is C21H26N7O7PS. The Bertz CT molecular complexity index is 1350. The van der Waals surface area contributed by atoms with Gasteiger partial charge in [0.1, 0.15) is 29.7 Å². The molecule has 0 radical (unpaired) electrons. The first-order chi connectivity index (χ1) is 17.6. The second-order valence-electron chi connectivity index (χ2n) is 8.25.